The summed E-state index contributed by atoms with van der Waals surface area (Å²) in [6.07, 6.45) is 2.96. The van der Waals surface area contributed by atoms with E-state index in [1.807, 2.05) is 13.0 Å². The van der Waals surface area contributed by atoms with Gasteiger partial charge < -0.3 is 10.6 Å². The highest BCUT2D eigenvalue weighted by Crippen LogP contribution is 2.29. The van der Waals surface area contributed by atoms with E-state index in [0.717, 1.165) is 11.1 Å². The van der Waals surface area contributed by atoms with E-state index < -0.39 is 15.9 Å². The number of halogens is 1. The van der Waals surface area contributed by atoms with Gasteiger partial charge in [0.2, 0.25) is 21.8 Å². The normalized spacial score (nSPS) is 19.6. The average molecular weight is 476 g/mol. The Morgan fingerprint density at radius 3 is 2.75 bits per heavy atom. The Balaban J connectivity index is 1.49. The second kappa shape index (κ2) is 9.21. The van der Waals surface area contributed by atoms with Crippen molar-refractivity contribution >= 4 is 44.8 Å². The summed E-state index contributed by atoms with van der Waals surface area (Å²) in [5, 5.41) is 6.25. The van der Waals surface area contributed by atoms with Crippen LogP contribution >= 0.6 is 11.6 Å². The molecule has 0 radical (unpaired) electrons. The highest BCUT2D eigenvalue weighted by molar-refractivity contribution is 7.89. The molecule has 4 rings (SSSR count). The molecule has 170 valence electrons. The van der Waals surface area contributed by atoms with Crippen LogP contribution in [0.15, 0.2) is 41.3 Å². The number of rotatable bonds is 4. The number of piperidine rings is 1. The van der Waals surface area contributed by atoms with Crippen molar-refractivity contribution < 1.29 is 18.0 Å². The van der Waals surface area contributed by atoms with Crippen molar-refractivity contribution in [2.24, 2.45) is 5.92 Å². The molecule has 0 aliphatic carbocycles. The Hall–Kier alpha value is -2.42. The predicted molar refractivity (Wildman–Crippen MR) is 124 cm³/mol. The lowest BCUT2D eigenvalue weighted by molar-refractivity contribution is -0.121. The van der Waals surface area contributed by atoms with Gasteiger partial charge in [-0.2, -0.15) is 4.31 Å². The zero-order chi connectivity index (χ0) is 22.9. The van der Waals surface area contributed by atoms with Crippen LogP contribution in [0.25, 0.3) is 0 Å². The van der Waals surface area contributed by atoms with E-state index in [2.05, 4.69) is 10.6 Å². The first-order chi connectivity index (χ1) is 15.2. The highest BCUT2D eigenvalue weighted by atomic mass is 35.5. The number of aryl methyl sites for hydroxylation is 2. The summed E-state index contributed by atoms with van der Waals surface area (Å²) in [4.78, 5) is 24.8. The molecule has 32 heavy (non-hydrogen) atoms. The lowest BCUT2D eigenvalue weighted by Gasteiger charge is -2.31. The topological polar surface area (TPSA) is 95.6 Å². The SMILES string of the molecule is Cc1ccc(NC(=O)[C@H]2CCCN(S(=O)(=O)c3ccc4c(c3)CCCC(=O)N4)C2)cc1Cl. The molecule has 2 aromatic carbocycles. The number of carbonyl (C=O) groups is 2. The number of sulfonamides is 1. The maximum atomic E-state index is 13.3. The van der Waals surface area contributed by atoms with E-state index in [1.165, 1.54) is 10.4 Å². The van der Waals surface area contributed by atoms with E-state index >= 15 is 0 Å². The first-order valence-corrected chi connectivity index (χ1v) is 12.6. The fourth-order valence-corrected chi connectivity index (χ4v) is 5.91. The summed E-state index contributed by atoms with van der Waals surface area (Å²) in [6, 6.07) is 10.1. The van der Waals surface area contributed by atoms with Crippen LogP contribution in [0, 0.1) is 12.8 Å². The van der Waals surface area contributed by atoms with Gasteiger partial charge in [0.05, 0.1) is 10.8 Å². The van der Waals surface area contributed by atoms with Crippen LogP contribution in [0.2, 0.25) is 5.02 Å². The number of benzene rings is 2. The zero-order valence-corrected chi connectivity index (χ0v) is 19.4. The van der Waals surface area contributed by atoms with Crippen molar-refractivity contribution in [3.05, 3.63) is 52.5 Å². The fourth-order valence-electron chi connectivity index (χ4n) is 4.15. The van der Waals surface area contributed by atoms with Gasteiger partial charge in [0.15, 0.2) is 0 Å². The molecule has 2 aliphatic rings. The van der Waals surface area contributed by atoms with Crippen molar-refractivity contribution in [2.45, 2.75) is 43.9 Å². The molecular formula is C23H26ClN3O4S. The van der Waals surface area contributed by atoms with Crippen molar-refractivity contribution in [1.29, 1.82) is 0 Å². The Labute approximate surface area is 193 Å². The minimum atomic E-state index is -3.75. The Bertz CT molecular complexity index is 1170. The number of nitrogens with one attached hydrogen (secondary N) is 2. The smallest absolute Gasteiger partial charge is 0.243 e. The van der Waals surface area contributed by atoms with E-state index in [0.29, 0.717) is 55.0 Å². The number of hydrogen-bond acceptors (Lipinski definition) is 4. The molecule has 0 saturated carbocycles. The molecule has 1 saturated heterocycles. The Morgan fingerprint density at radius 1 is 1.16 bits per heavy atom. The highest BCUT2D eigenvalue weighted by Gasteiger charge is 2.34. The van der Waals surface area contributed by atoms with Gasteiger partial charge >= 0.3 is 0 Å². The molecule has 0 aromatic heterocycles. The van der Waals surface area contributed by atoms with Crippen LogP contribution in [-0.2, 0) is 26.0 Å². The first kappa shape index (κ1) is 22.8. The molecule has 9 heteroatoms. The van der Waals surface area contributed by atoms with Crippen LogP contribution in [0.1, 0.15) is 36.8 Å². The summed E-state index contributed by atoms with van der Waals surface area (Å²) in [7, 11) is -3.75. The third-order valence-electron chi connectivity index (χ3n) is 6.03. The van der Waals surface area contributed by atoms with Crippen LogP contribution < -0.4 is 10.6 Å². The lowest BCUT2D eigenvalue weighted by Crippen LogP contribution is -2.43. The molecule has 1 fully saturated rings. The molecule has 0 bridgehead atoms. The molecule has 2 aliphatic heterocycles. The molecule has 2 aromatic rings. The zero-order valence-electron chi connectivity index (χ0n) is 17.9. The van der Waals surface area contributed by atoms with Gasteiger partial charge in [-0.15, -0.1) is 0 Å². The van der Waals surface area contributed by atoms with Gasteiger partial charge in [0.1, 0.15) is 0 Å². The van der Waals surface area contributed by atoms with Gasteiger partial charge in [-0.05, 0) is 74.1 Å². The van der Waals surface area contributed by atoms with Gasteiger partial charge in [-0.25, -0.2) is 8.42 Å². The lowest BCUT2D eigenvalue weighted by atomic mass is 9.98. The van der Waals surface area contributed by atoms with Crippen molar-refractivity contribution in [2.75, 3.05) is 23.7 Å². The van der Waals surface area contributed by atoms with Crippen LogP contribution in [0.5, 0.6) is 0 Å². The van der Waals surface area contributed by atoms with Crippen LogP contribution in [0.3, 0.4) is 0 Å². The van der Waals surface area contributed by atoms with Gasteiger partial charge in [-0.3, -0.25) is 9.59 Å². The third-order valence-corrected chi connectivity index (χ3v) is 8.30. The van der Waals surface area contributed by atoms with E-state index in [-0.39, 0.29) is 23.3 Å². The van der Waals surface area contributed by atoms with Crippen LogP contribution in [-0.4, -0.2) is 37.6 Å². The fraction of sp³-hybridized carbons (Fsp3) is 0.391. The Morgan fingerprint density at radius 2 is 1.97 bits per heavy atom. The summed E-state index contributed by atoms with van der Waals surface area (Å²) in [6.45, 7) is 2.38. The second-order valence-corrected chi connectivity index (χ2v) is 10.7. The van der Waals surface area contributed by atoms with E-state index in [1.54, 1.807) is 24.3 Å². The van der Waals surface area contributed by atoms with Gasteiger partial charge in [-0.1, -0.05) is 17.7 Å². The molecule has 2 N–H and O–H groups in total. The number of hydrogen-bond donors (Lipinski definition) is 2. The molecule has 0 spiro atoms. The summed E-state index contributed by atoms with van der Waals surface area (Å²) in [5.41, 5.74) is 3.00. The maximum Gasteiger partial charge on any atom is 0.243 e. The monoisotopic (exact) mass is 475 g/mol. The Kier molecular flexibility index (Phi) is 6.55. The summed E-state index contributed by atoms with van der Waals surface area (Å²) in [5.74, 6) is -0.715. The van der Waals surface area contributed by atoms with Crippen molar-refractivity contribution in [1.82, 2.24) is 4.31 Å². The minimum absolute atomic E-state index is 0.0564. The van der Waals surface area contributed by atoms with Gasteiger partial charge in [0.25, 0.3) is 0 Å². The number of carbonyl (C=O) groups excluding carboxylic acids is 2. The quantitative estimate of drug-likeness (QED) is 0.699. The molecule has 1 atom stereocenters. The van der Waals surface area contributed by atoms with Crippen molar-refractivity contribution in [3.63, 3.8) is 0 Å². The number of amides is 2. The third kappa shape index (κ3) is 4.82. The van der Waals surface area contributed by atoms with E-state index in [4.69, 9.17) is 11.6 Å². The number of nitrogens with zero attached hydrogens (tertiary/aromatic N) is 1. The first-order valence-electron chi connectivity index (χ1n) is 10.7. The molecule has 2 heterocycles. The molecule has 0 unspecified atom stereocenters. The largest absolute Gasteiger partial charge is 0.326 e. The average Bonchev–Trinajstić information content (AvgIpc) is 2.96. The number of fused-ring (bicyclic) bond motifs is 1. The van der Waals surface area contributed by atoms with Gasteiger partial charge in [0, 0.05) is 35.9 Å². The molecule has 2 amide bonds. The summed E-state index contributed by atoms with van der Waals surface area (Å²) >= 11 is 6.14. The summed E-state index contributed by atoms with van der Waals surface area (Å²) < 4.78 is 28.0. The van der Waals surface area contributed by atoms with E-state index in [9.17, 15) is 18.0 Å². The van der Waals surface area contributed by atoms with Crippen LogP contribution in [0.4, 0.5) is 11.4 Å². The minimum Gasteiger partial charge on any atom is -0.326 e. The maximum absolute atomic E-state index is 13.3. The standard InChI is InChI=1S/C23H26ClN3O4S/c1-15-7-8-18(13-20(15)24)25-23(29)17-5-3-11-27(14-17)32(30,31)19-9-10-21-16(12-19)4-2-6-22(28)26-21/h7-10,12-13,17H,2-6,11,14H2,1H3,(H,25,29)(H,26,28)/t17-/m0/s1. The van der Waals surface area contributed by atoms with Crippen molar-refractivity contribution in [3.8, 4) is 0 Å². The molecule has 7 nitrogen and oxygen atoms in total. The predicted octanol–water partition coefficient (Wildman–Crippen LogP) is 3.96. The number of anilines is 2. The molecular weight excluding hydrogens is 450 g/mol. The second-order valence-electron chi connectivity index (χ2n) is 8.38.